The van der Waals surface area contributed by atoms with E-state index in [1.165, 1.54) is 0 Å². The van der Waals surface area contributed by atoms with Crippen LogP contribution in [0.2, 0.25) is 5.02 Å². The number of carbonyl (C=O) groups is 1. The molecule has 1 aromatic rings. The van der Waals surface area contributed by atoms with Crippen molar-refractivity contribution in [1.29, 1.82) is 0 Å². The Morgan fingerprint density at radius 1 is 1.30 bits per heavy atom. The first kappa shape index (κ1) is 17.0. The van der Waals surface area contributed by atoms with Gasteiger partial charge in [0.15, 0.2) is 0 Å². The highest BCUT2D eigenvalue weighted by molar-refractivity contribution is 6.31. The van der Waals surface area contributed by atoms with Crippen LogP contribution in [0.25, 0.3) is 0 Å². The summed E-state index contributed by atoms with van der Waals surface area (Å²) in [6.45, 7) is 10.2. The highest BCUT2D eigenvalue weighted by atomic mass is 35.5. The Balaban J connectivity index is 3.02. The van der Waals surface area contributed by atoms with Crippen molar-refractivity contribution >= 4 is 17.6 Å². The summed E-state index contributed by atoms with van der Waals surface area (Å²) in [7, 11) is 0. The Morgan fingerprint density at radius 2 is 1.95 bits per heavy atom. The zero-order valence-electron chi connectivity index (χ0n) is 12.8. The second-order valence-electron chi connectivity index (χ2n) is 4.75. The number of rotatable bonds is 7. The molecule has 0 N–H and O–H groups in total. The Hall–Kier alpha value is -1.06. The molecule has 0 bridgehead atoms. The monoisotopic (exact) mass is 297 g/mol. The van der Waals surface area contributed by atoms with Crippen molar-refractivity contribution in [2.45, 2.75) is 40.2 Å². The van der Waals surface area contributed by atoms with Gasteiger partial charge in [-0.3, -0.25) is 9.69 Å². The fraction of sp³-hybridized carbons (Fsp3) is 0.562. The van der Waals surface area contributed by atoms with Gasteiger partial charge < -0.3 is 4.74 Å². The standard InChI is InChI=1S/C16H24ClNO2/c1-5-18(6-2)15(11-16(19)20-7-3)13-9-8-12(4)14(17)10-13/h8-10,15H,5-7,11H2,1-4H3. The van der Waals surface area contributed by atoms with E-state index in [1.807, 2.05) is 32.0 Å². The summed E-state index contributed by atoms with van der Waals surface area (Å²) in [5, 5.41) is 0.739. The molecule has 0 heterocycles. The lowest BCUT2D eigenvalue weighted by atomic mass is 10.0. The van der Waals surface area contributed by atoms with E-state index in [1.54, 1.807) is 0 Å². The highest BCUT2D eigenvalue weighted by Crippen LogP contribution is 2.28. The van der Waals surface area contributed by atoms with Crippen molar-refractivity contribution in [3.63, 3.8) is 0 Å². The van der Waals surface area contributed by atoms with Crippen LogP contribution in [0.15, 0.2) is 18.2 Å². The van der Waals surface area contributed by atoms with E-state index < -0.39 is 0 Å². The van der Waals surface area contributed by atoms with E-state index in [4.69, 9.17) is 16.3 Å². The molecule has 0 amide bonds. The molecule has 0 aliphatic heterocycles. The summed E-state index contributed by atoms with van der Waals surface area (Å²) in [6, 6.07) is 6.02. The van der Waals surface area contributed by atoms with Gasteiger partial charge in [0.05, 0.1) is 13.0 Å². The van der Waals surface area contributed by atoms with Gasteiger partial charge in [-0.25, -0.2) is 0 Å². The van der Waals surface area contributed by atoms with Gasteiger partial charge in [0.1, 0.15) is 0 Å². The summed E-state index contributed by atoms with van der Waals surface area (Å²) in [5.41, 5.74) is 2.11. The molecule has 0 spiro atoms. The molecule has 1 unspecified atom stereocenters. The third-order valence-electron chi connectivity index (χ3n) is 3.50. The van der Waals surface area contributed by atoms with Gasteiger partial charge in [-0.1, -0.05) is 37.6 Å². The Labute approximate surface area is 126 Å². The number of ether oxygens (including phenoxy) is 1. The quantitative estimate of drug-likeness (QED) is 0.713. The van der Waals surface area contributed by atoms with Crippen LogP contribution in [0, 0.1) is 6.92 Å². The van der Waals surface area contributed by atoms with Gasteiger partial charge in [0, 0.05) is 11.1 Å². The molecule has 0 radical (unpaired) electrons. The fourth-order valence-electron chi connectivity index (χ4n) is 2.32. The lowest BCUT2D eigenvalue weighted by molar-refractivity contribution is -0.144. The first-order valence-corrected chi connectivity index (χ1v) is 7.56. The lowest BCUT2D eigenvalue weighted by Gasteiger charge is -2.29. The number of aryl methyl sites for hydroxylation is 1. The normalized spacial score (nSPS) is 12.5. The van der Waals surface area contributed by atoms with Crippen molar-refractivity contribution in [2.24, 2.45) is 0 Å². The second-order valence-corrected chi connectivity index (χ2v) is 5.16. The van der Waals surface area contributed by atoms with Crippen LogP contribution in [0.4, 0.5) is 0 Å². The molecule has 20 heavy (non-hydrogen) atoms. The summed E-state index contributed by atoms with van der Waals surface area (Å²) in [4.78, 5) is 14.1. The van der Waals surface area contributed by atoms with Crippen LogP contribution >= 0.6 is 11.6 Å². The molecular weight excluding hydrogens is 274 g/mol. The minimum absolute atomic E-state index is 0.0159. The molecule has 3 nitrogen and oxygen atoms in total. The molecule has 1 rings (SSSR count). The maximum Gasteiger partial charge on any atom is 0.307 e. The molecule has 0 fully saturated rings. The average molecular weight is 298 g/mol. The number of halogens is 1. The molecule has 0 aliphatic carbocycles. The summed E-state index contributed by atoms with van der Waals surface area (Å²) in [5.74, 6) is -0.166. The highest BCUT2D eigenvalue weighted by Gasteiger charge is 2.22. The SMILES string of the molecule is CCOC(=O)CC(c1ccc(C)c(Cl)c1)N(CC)CC. The molecule has 0 aliphatic rings. The summed E-state index contributed by atoms with van der Waals surface area (Å²) in [6.07, 6.45) is 0.356. The number of carbonyl (C=O) groups excluding carboxylic acids is 1. The number of benzene rings is 1. The van der Waals surface area contributed by atoms with Crippen LogP contribution in [0.5, 0.6) is 0 Å². The molecule has 1 atom stereocenters. The van der Waals surface area contributed by atoms with Crippen LogP contribution in [0.1, 0.15) is 44.4 Å². The zero-order valence-corrected chi connectivity index (χ0v) is 13.5. The van der Waals surface area contributed by atoms with Crippen molar-refractivity contribution in [3.8, 4) is 0 Å². The summed E-state index contributed by atoms with van der Waals surface area (Å²) >= 11 is 6.21. The smallest absolute Gasteiger partial charge is 0.307 e. The Morgan fingerprint density at radius 3 is 2.45 bits per heavy atom. The van der Waals surface area contributed by atoms with E-state index in [-0.39, 0.29) is 12.0 Å². The summed E-state index contributed by atoms with van der Waals surface area (Å²) < 4.78 is 5.09. The van der Waals surface area contributed by atoms with Gasteiger partial charge in [-0.05, 0) is 44.1 Å². The van der Waals surface area contributed by atoms with Gasteiger partial charge in [-0.15, -0.1) is 0 Å². The van der Waals surface area contributed by atoms with Gasteiger partial charge in [-0.2, -0.15) is 0 Å². The number of hydrogen-bond acceptors (Lipinski definition) is 3. The minimum atomic E-state index is -0.166. The number of nitrogens with zero attached hydrogens (tertiary/aromatic N) is 1. The third-order valence-corrected chi connectivity index (χ3v) is 3.91. The Bertz CT molecular complexity index is 444. The molecule has 112 valence electrons. The van der Waals surface area contributed by atoms with Gasteiger partial charge in [0.2, 0.25) is 0 Å². The van der Waals surface area contributed by atoms with E-state index in [2.05, 4.69) is 18.7 Å². The fourth-order valence-corrected chi connectivity index (χ4v) is 2.51. The predicted molar refractivity (Wildman–Crippen MR) is 83.1 cm³/mol. The molecule has 0 saturated carbocycles. The van der Waals surface area contributed by atoms with Crippen LogP contribution in [-0.4, -0.2) is 30.6 Å². The topological polar surface area (TPSA) is 29.5 Å². The van der Waals surface area contributed by atoms with Crippen molar-refractivity contribution in [1.82, 2.24) is 4.90 Å². The first-order chi connectivity index (χ1) is 9.53. The zero-order chi connectivity index (χ0) is 15.1. The van der Waals surface area contributed by atoms with Crippen molar-refractivity contribution < 1.29 is 9.53 Å². The Kier molecular flexibility index (Phi) is 7.03. The van der Waals surface area contributed by atoms with Crippen LogP contribution < -0.4 is 0 Å². The number of hydrogen-bond donors (Lipinski definition) is 0. The van der Waals surface area contributed by atoms with E-state index >= 15 is 0 Å². The molecule has 4 heteroatoms. The molecule has 0 saturated heterocycles. The van der Waals surface area contributed by atoms with Gasteiger partial charge in [0.25, 0.3) is 0 Å². The van der Waals surface area contributed by atoms with Crippen LogP contribution in [-0.2, 0) is 9.53 Å². The molecule has 0 aromatic heterocycles. The largest absolute Gasteiger partial charge is 0.466 e. The number of esters is 1. The van der Waals surface area contributed by atoms with E-state index in [0.717, 1.165) is 29.2 Å². The van der Waals surface area contributed by atoms with Crippen LogP contribution in [0.3, 0.4) is 0 Å². The third kappa shape index (κ3) is 4.50. The first-order valence-electron chi connectivity index (χ1n) is 7.19. The molecular formula is C16H24ClNO2. The van der Waals surface area contributed by atoms with E-state index in [9.17, 15) is 4.79 Å². The molecule has 1 aromatic carbocycles. The average Bonchev–Trinajstić information content (AvgIpc) is 2.42. The van der Waals surface area contributed by atoms with Crippen molar-refractivity contribution in [3.05, 3.63) is 34.3 Å². The van der Waals surface area contributed by atoms with Crippen molar-refractivity contribution in [2.75, 3.05) is 19.7 Å². The van der Waals surface area contributed by atoms with E-state index in [0.29, 0.717) is 13.0 Å². The maximum atomic E-state index is 11.8. The second kappa shape index (κ2) is 8.28. The lowest BCUT2D eigenvalue weighted by Crippen LogP contribution is -2.30. The van der Waals surface area contributed by atoms with Gasteiger partial charge >= 0.3 is 5.97 Å². The predicted octanol–water partition coefficient (Wildman–Crippen LogP) is 3.98. The maximum absolute atomic E-state index is 11.8. The minimum Gasteiger partial charge on any atom is -0.466 e.